The van der Waals surface area contributed by atoms with Crippen molar-refractivity contribution in [3.63, 3.8) is 0 Å². The first-order chi connectivity index (χ1) is 9.49. The minimum absolute atomic E-state index is 0.00599. The number of likely N-dealkylation sites (N-methyl/N-ethyl adjacent to an activating group) is 1. The van der Waals surface area contributed by atoms with E-state index < -0.39 is 11.0 Å². The molecule has 1 aliphatic heterocycles. The van der Waals surface area contributed by atoms with Crippen LogP contribution in [0.2, 0.25) is 0 Å². The van der Waals surface area contributed by atoms with E-state index in [2.05, 4.69) is 4.90 Å². The summed E-state index contributed by atoms with van der Waals surface area (Å²) in [4.78, 5) is 14.8. The zero-order valence-electron chi connectivity index (χ0n) is 11.2. The summed E-state index contributed by atoms with van der Waals surface area (Å²) in [6, 6.07) is 5.85. The predicted octanol–water partition coefficient (Wildman–Crippen LogP) is 1.20. The topological polar surface area (TPSA) is 69.8 Å². The standard InChI is InChI=1S/C13H17N3O3S/c1-14-6-8-15(9-7-14)13(20)12(17)10-2-4-11(5-3-10)16(18)19/h2-5,12,17H,6-9H2,1H3. The Bertz CT molecular complexity index is 498. The van der Waals surface area contributed by atoms with E-state index in [0.717, 1.165) is 26.2 Å². The van der Waals surface area contributed by atoms with Crippen LogP contribution in [0.15, 0.2) is 24.3 Å². The minimum atomic E-state index is -0.894. The van der Waals surface area contributed by atoms with E-state index in [-0.39, 0.29) is 5.69 Å². The summed E-state index contributed by atoms with van der Waals surface area (Å²) in [7, 11) is 2.05. The lowest BCUT2D eigenvalue weighted by molar-refractivity contribution is -0.384. The monoisotopic (exact) mass is 295 g/mol. The van der Waals surface area contributed by atoms with Crippen molar-refractivity contribution in [2.45, 2.75) is 6.10 Å². The summed E-state index contributed by atoms with van der Waals surface area (Å²) in [6.45, 7) is 3.40. The number of nitro benzene ring substituents is 1. The van der Waals surface area contributed by atoms with Crippen molar-refractivity contribution in [3.05, 3.63) is 39.9 Å². The number of rotatable bonds is 3. The number of non-ortho nitro benzene ring substituents is 1. The van der Waals surface area contributed by atoms with Gasteiger partial charge in [-0.1, -0.05) is 12.2 Å². The molecule has 2 rings (SSSR count). The molecule has 0 saturated carbocycles. The highest BCUT2D eigenvalue weighted by atomic mass is 32.1. The Morgan fingerprint density at radius 3 is 2.35 bits per heavy atom. The van der Waals surface area contributed by atoms with Crippen LogP contribution in [0, 0.1) is 10.1 Å². The first-order valence-corrected chi connectivity index (χ1v) is 6.79. The van der Waals surface area contributed by atoms with Gasteiger partial charge in [-0.25, -0.2) is 0 Å². The molecule has 1 unspecified atom stereocenters. The fourth-order valence-electron chi connectivity index (χ4n) is 2.12. The van der Waals surface area contributed by atoms with Gasteiger partial charge in [0.25, 0.3) is 5.69 Å². The van der Waals surface area contributed by atoms with Gasteiger partial charge in [-0.15, -0.1) is 0 Å². The molecule has 6 nitrogen and oxygen atoms in total. The number of hydrogen-bond donors (Lipinski definition) is 1. The summed E-state index contributed by atoms with van der Waals surface area (Å²) >= 11 is 5.33. The fraction of sp³-hybridized carbons (Fsp3) is 0.462. The minimum Gasteiger partial charge on any atom is -0.381 e. The van der Waals surface area contributed by atoms with Crippen molar-refractivity contribution in [2.75, 3.05) is 33.2 Å². The molecule has 0 spiro atoms. The molecule has 0 aromatic heterocycles. The molecule has 1 heterocycles. The lowest BCUT2D eigenvalue weighted by Crippen LogP contribution is -2.48. The number of hydrogen-bond acceptors (Lipinski definition) is 5. The number of nitrogens with zero attached hydrogens (tertiary/aromatic N) is 3. The average Bonchev–Trinajstić information content (AvgIpc) is 2.46. The largest absolute Gasteiger partial charge is 0.381 e. The maximum absolute atomic E-state index is 10.6. The van der Waals surface area contributed by atoms with Crippen LogP contribution in [0.5, 0.6) is 0 Å². The van der Waals surface area contributed by atoms with Gasteiger partial charge in [0, 0.05) is 38.3 Å². The Balaban J connectivity index is 2.04. The molecule has 7 heteroatoms. The van der Waals surface area contributed by atoms with E-state index in [1.165, 1.54) is 12.1 Å². The van der Waals surface area contributed by atoms with Crippen LogP contribution >= 0.6 is 12.2 Å². The van der Waals surface area contributed by atoms with Crippen molar-refractivity contribution < 1.29 is 10.0 Å². The number of benzene rings is 1. The van der Waals surface area contributed by atoms with Crippen molar-refractivity contribution in [1.82, 2.24) is 9.80 Å². The normalized spacial score (nSPS) is 17.8. The van der Waals surface area contributed by atoms with E-state index in [4.69, 9.17) is 12.2 Å². The Labute approximate surface area is 122 Å². The van der Waals surface area contributed by atoms with Crippen molar-refractivity contribution in [2.24, 2.45) is 0 Å². The molecule has 1 aromatic rings. The quantitative estimate of drug-likeness (QED) is 0.513. The number of piperazine rings is 1. The smallest absolute Gasteiger partial charge is 0.269 e. The van der Waals surface area contributed by atoms with Gasteiger partial charge in [0.15, 0.2) is 0 Å². The predicted molar refractivity (Wildman–Crippen MR) is 79.7 cm³/mol. The molecule has 108 valence electrons. The molecule has 1 atom stereocenters. The molecule has 1 fully saturated rings. The van der Waals surface area contributed by atoms with Crippen LogP contribution < -0.4 is 0 Å². The third-order valence-corrected chi connectivity index (χ3v) is 3.95. The summed E-state index contributed by atoms with van der Waals surface area (Å²) in [5, 5.41) is 20.9. The average molecular weight is 295 g/mol. The number of aliphatic hydroxyl groups is 1. The highest BCUT2D eigenvalue weighted by Crippen LogP contribution is 2.21. The molecule has 0 aliphatic carbocycles. The molecule has 20 heavy (non-hydrogen) atoms. The van der Waals surface area contributed by atoms with Gasteiger partial charge in [-0.05, 0) is 24.7 Å². The summed E-state index contributed by atoms with van der Waals surface area (Å²) in [6.07, 6.45) is -0.894. The molecule has 1 saturated heterocycles. The van der Waals surface area contributed by atoms with Crippen LogP contribution in [0.25, 0.3) is 0 Å². The number of thiocarbonyl (C=S) groups is 1. The highest BCUT2D eigenvalue weighted by Gasteiger charge is 2.23. The van der Waals surface area contributed by atoms with Gasteiger partial charge >= 0.3 is 0 Å². The highest BCUT2D eigenvalue weighted by molar-refractivity contribution is 7.80. The Hall–Kier alpha value is -1.57. The molecular formula is C13H17N3O3S. The second kappa shape index (κ2) is 6.25. The van der Waals surface area contributed by atoms with E-state index in [1.807, 2.05) is 11.9 Å². The van der Waals surface area contributed by atoms with E-state index in [1.54, 1.807) is 12.1 Å². The van der Waals surface area contributed by atoms with Crippen molar-refractivity contribution >= 4 is 22.9 Å². The molecule has 1 aliphatic rings. The van der Waals surface area contributed by atoms with Crippen molar-refractivity contribution in [1.29, 1.82) is 0 Å². The maximum Gasteiger partial charge on any atom is 0.269 e. The first kappa shape index (κ1) is 14.8. The summed E-state index contributed by atoms with van der Waals surface area (Å²) < 4.78 is 0. The Morgan fingerprint density at radius 2 is 1.85 bits per heavy atom. The summed E-state index contributed by atoms with van der Waals surface area (Å²) in [5.74, 6) is 0. The van der Waals surface area contributed by atoms with E-state index in [0.29, 0.717) is 10.6 Å². The van der Waals surface area contributed by atoms with Crippen LogP contribution in [0.3, 0.4) is 0 Å². The molecule has 1 N–H and O–H groups in total. The zero-order chi connectivity index (χ0) is 14.7. The molecular weight excluding hydrogens is 278 g/mol. The van der Waals surface area contributed by atoms with Crippen LogP contribution in [-0.4, -0.2) is 58.0 Å². The van der Waals surface area contributed by atoms with Gasteiger partial charge in [0.05, 0.1) is 4.92 Å². The molecule has 0 amide bonds. The molecule has 0 bridgehead atoms. The van der Waals surface area contributed by atoms with Crippen LogP contribution in [0.1, 0.15) is 11.7 Å². The Kier molecular flexibility index (Phi) is 4.64. The molecule has 1 aromatic carbocycles. The van der Waals surface area contributed by atoms with Gasteiger partial charge in [-0.3, -0.25) is 10.1 Å². The second-order valence-electron chi connectivity index (χ2n) is 4.88. The summed E-state index contributed by atoms with van der Waals surface area (Å²) in [5.41, 5.74) is 0.589. The van der Waals surface area contributed by atoms with Crippen LogP contribution in [-0.2, 0) is 0 Å². The van der Waals surface area contributed by atoms with Gasteiger partial charge in [0.1, 0.15) is 11.1 Å². The van der Waals surface area contributed by atoms with E-state index >= 15 is 0 Å². The van der Waals surface area contributed by atoms with Gasteiger partial charge < -0.3 is 14.9 Å². The lowest BCUT2D eigenvalue weighted by Gasteiger charge is -2.35. The first-order valence-electron chi connectivity index (χ1n) is 6.39. The lowest BCUT2D eigenvalue weighted by atomic mass is 10.1. The zero-order valence-corrected chi connectivity index (χ0v) is 12.0. The second-order valence-corrected chi connectivity index (χ2v) is 5.30. The number of nitro groups is 1. The Morgan fingerprint density at radius 1 is 1.30 bits per heavy atom. The maximum atomic E-state index is 10.6. The SMILES string of the molecule is CN1CCN(C(=S)C(O)c2ccc([N+](=O)[O-])cc2)CC1. The van der Waals surface area contributed by atoms with Gasteiger partial charge in [-0.2, -0.15) is 0 Å². The van der Waals surface area contributed by atoms with E-state index in [9.17, 15) is 15.2 Å². The fourth-order valence-corrected chi connectivity index (χ4v) is 2.44. The van der Waals surface area contributed by atoms with Crippen LogP contribution in [0.4, 0.5) is 5.69 Å². The molecule has 0 radical (unpaired) electrons. The third-order valence-electron chi connectivity index (χ3n) is 3.47. The van der Waals surface area contributed by atoms with Gasteiger partial charge in [0.2, 0.25) is 0 Å². The number of aliphatic hydroxyl groups excluding tert-OH is 1. The van der Waals surface area contributed by atoms with Crippen molar-refractivity contribution in [3.8, 4) is 0 Å². The third kappa shape index (κ3) is 3.30.